The quantitative estimate of drug-likeness (QED) is 0.131. The van der Waals surface area contributed by atoms with E-state index in [9.17, 15) is 14.4 Å². The number of guanidine groups is 1. The van der Waals surface area contributed by atoms with Gasteiger partial charge >= 0.3 is 5.97 Å². The van der Waals surface area contributed by atoms with E-state index in [1.807, 2.05) is 6.26 Å². The van der Waals surface area contributed by atoms with Crippen LogP contribution in [0, 0.1) is 0 Å². The molecule has 0 saturated heterocycles. The summed E-state index contributed by atoms with van der Waals surface area (Å²) in [6.45, 7) is 1.62. The maximum Gasteiger partial charge on any atom is 0.325 e. The van der Waals surface area contributed by atoms with E-state index in [2.05, 4.69) is 15.6 Å². The molecule has 0 spiro atoms. The van der Waals surface area contributed by atoms with Gasteiger partial charge in [0.25, 0.3) is 0 Å². The normalized spacial score (nSPS) is 14.0. The SMILES string of the molecule is CSCCC(N)C(=O)NC(CCCN=C(N)N)C(=O)NC(C)C(=O)O. The van der Waals surface area contributed by atoms with Crippen LogP contribution in [0.5, 0.6) is 0 Å². The maximum absolute atomic E-state index is 12.2. The van der Waals surface area contributed by atoms with Crippen molar-refractivity contribution in [2.45, 2.75) is 44.3 Å². The minimum absolute atomic E-state index is 0.0661. The van der Waals surface area contributed by atoms with Gasteiger partial charge in [-0.1, -0.05) is 0 Å². The number of nitrogens with one attached hydrogen (secondary N) is 2. The lowest BCUT2D eigenvalue weighted by molar-refractivity contribution is -0.141. The highest BCUT2D eigenvalue weighted by molar-refractivity contribution is 7.98. The zero-order chi connectivity index (χ0) is 19.4. The summed E-state index contributed by atoms with van der Waals surface area (Å²) in [5.74, 6) is -1.57. The molecule has 9 N–H and O–H groups in total. The van der Waals surface area contributed by atoms with E-state index in [0.717, 1.165) is 0 Å². The molecule has 0 heterocycles. The standard InChI is InChI=1S/C14H28N6O4S/c1-8(13(23)24)19-12(22)10(4-3-6-18-14(16)17)20-11(21)9(15)5-7-25-2/h8-10H,3-7,15H2,1-2H3,(H,19,22)(H,20,21)(H,23,24)(H4,16,17,18). The van der Waals surface area contributed by atoms with Crippen LogP contribution in [0.25, 0.3) is 0 Å². The van der Waals surface area contributed by atoms with E-state index in [4.69, 9.17) is 22.3 Å². The Kier molecular flexibility index (Phi) is 11.4. The lowest BCUT2D eigenvalue weighted by Gasteiger charge is -2.21. The molecule has 0 radical (unpaired) electrons. The van der Waals surface area contributed by atoms with Crippen molar-refractivity contribution in [1.29, 1.82) is 0 Å². The summed E-state index contributed by atoms with van der Waals surface area (Å²) in [4.78, 5) is 39.0. The molecule has 3 atom stereocenters. The average molecular weight is 376 g/mol. The summed E-state index contributed by atoms with van der Waals surface area (Å²) in [5, 5.41) is 13.8. The number of carboxylic acids is 1. The van der Waals surface area contributed by atoms with Crippen LogP contribution in [0.4, 0.5) is 0 Å². The summed E-state index contributed by atoms with van der Waals surface area (Å²) >= 11 is 1.56. The Labute approximate surface area is 151 Å². The molecule has 0 fully saturated rings. The minimum Gasteiger partial charge on any atom is -0.480 e. The largest absolute Gasteiger partial charge is 0.480 e. The summed E-state index contributed by atoms with van der Waals surface area (Å²) < 4.78 is 0. The number of thioether (sulfide) groups is 1. The zero-order valence-corrected chi connectivity index (χ0v) is 15.3. The first-order chi connectivity index (χ1) is 11.7. The van der Waals surface area contributed by atoms with Gasteiger partial charge in [-0.15, -0.1) is 0 Å². The number of aliphatic carboxylic acids is 1. The van der Waals surface area contributed by atoms with Crippen LogP contribution in [-0.4, -0.2) is 65.5 Å². The molecule has 11 heteroatoms. The van der Waals surface area contributed by atoms with Crippen molar-refractivity contribution in [3.05, 3.63) is 0 Å². The minimum atomic E-state index is -1.17. The molecule has 0 aromatic carbocycles. The molecule has 0 aliphatic carbocycles. The van der Waals surface area contributed by atoms with E-state index >= 15 is 0 Å². The van der Waals surface area contributed by atoms with Crippen molar-refractivity contribution in [3.63, 3.8) is 0 Å². The average Bonchev–Trinajstić information content (AvgIpc) is 2.54. The topological polar surface area (TPSA) is 186 Å². The number of rotatable bonds is 12. The number of aliphatic imine (C=N–C) groups is 1. The van der Waals surface area contributed by atoms with Gasteiger partial charge in [0, 0.05) is 6.54 Å². The molecular formula is C14H28N6O4S. The highest BCUT2D eigenvalue weighted by Gasteiger charge is 2.25. The molecule has 25 heavy (non-hydrogen) atoms. The molecule has 0 bridgehead atoms. The van der Waals surface area contributed by atoms with Crippen LogP contribution in [0.3, 0.4) is 0 Å². The Morgan fingerprint density at radius 3 is 2.32 bits per heavy atom. The van der Waals surface area contributed by atoms with Crippen LogP contribution >= 0.6 is 11.8 Å². The highest BCUT2D eigenvalue weighted by atomic mass is 32.2. The van der Waals surface area contributed by atoms with Gasteiger partial charge in [0.2, 0.25) is 11.8 Å². The number of hydrogen-bond donors (Lipinski definition) is 6. The van der Waals surface area contributed by atoms with E-state index in [1.54, 1.807) is 11.8 Å². The van der Waals surface area contributed by atoms with Crippen molar-refractivity contribution >= 4 is 35.5 Å². The fourth-order valence-corrected chi connectivity index (χ4v) is 2.29. The van der Waals surface area contributed by atoms with Gasteiger partial charge in [0.15, 0.2) is 5.96 Å². The first-order valence-electron chi connectivity index (χ1n) is 7.82. The van der Waals surface area contributed by atoms with Crippen molar-refractivity contribution in [2.75, 3.05) is 18.6 Å². The number of nitrogens with zero attached hydrogens (tertiary/aromatic N) is 1. The molecule has 0 aromatic heterocycles. The molecule has 2 amide bonds. The zero-order valence-electron chi connectivity index (χ0n) is 14.5. The second kappa shape index (κ2) is 12.4. The fourth-order valence-electron chi connectivity index (χ4n) is 1.80. The first kappa shape index (κ1) is 23.0. The van der Waals surface area contributed by atoms with Gasteiger partial charge in [-0.05, 0) is 38.2 Å². The number of amides is 2. The lowest BCUT2D eigenvalue weighted by atomic mass is 10.1. The van der Waals surface area contributed by atoms with Crippen LogP contribution < -0.4 is 27.8 Å². The van der Waals surface area contributed by atoms with Gasteiger partial charge in [-0.3, -0.25) is 19.4 Å². The van der Waals surface area contributed by atoms with Crippen molar-refractivity contribution in [1.82, 2.24) is 10.6 Å². The highest BCUT2D eigenvalue weighted by Crippen LogP contribution is 2.03. The van der Waals surface area contributed by atoms with Crippen LogP contribution in [0.2, 0.25) is 0 Å². The summed E-state index contributed by atoms with van der Waals surface area (Å²) in [7, 11) is 0. The van der Waals surface area contributed by atoms with E-state index in [1.165, 1.54) is 6.92 Å². The van der Waals surface area contributed by atoms with Crippen molar-refractivity contribution < 1.29 is 19.5 Å². The third kappa shape index (κ3) is 10.5. The number of hydrogen-bond acceptors (Lipinski definition) is 6. The van der Waals surface area contributed by atoms with Gasteiger partial charge in [0.1, 0.15) is 12.1 Å². The van der Waals surface area contributed by atoms with Gasteiger partial charge < -0.3 is 32.9 Å². The number of nitrogens with two attached hydrogens (primary N) is 3. The van der Waals surface area contributed by atoms with Gasteiger partial charge in [-0.2, -0.15) is 11.8 Å². The van der Waals surface area contributed by atoms with Gasteiger partial charge in [0.05, 0.1) is 6.04 Å². The lowest BCUT2D eigenvalue weighted by Crippen LogP contribution is -2.54. The van der Waals surface area contributed by atoms with E-state index in [-0.39, 0.29) is 18.9 Å². The third-order valence-corrected chi connectivity index (χ3v) is 3.92. The molecule has 0 aliphatic rings. The van der Waals surface area contributed by atoms with E-state index in [0.29, 0.717) is 18.6 Å². The second-order valence-electron chi connectivity index (χ2n) is 5.47. The number of carbonyl (C=O) groups excluding carboxylic acids is 2. The third-order valence-electron chi connectivity index (χ3n) is 3.28. The molecule has 0 aromatic rings. The Morgan fingerprint density at radius 1 is 1.16 bits per heavy atom. The number of carboxylic acid groups (broad SMARTS) is 1. The van der Waals surface area contributed by atoms with E-state index < -0.39 is 35.9 Å². The maximum atomic E-state index is 12.2. The number of carbonyl (C=O) groups is 3. The Balaban J connectivity index is 4.80. The summed E-state index contributed by atoms with van der Waals surface area (Å²) in [6.07, 6.45) is 3.05. The molecule has 0 aliphatic heterocycles. The molecule has 0 saturated carbocycles. The molecular weight excluding hydrogens is 348 g/mol. The van der Waals surface area contributed by atoms with Crippen molar-refractivity contribution in [2.24, 2.45) is 22.2 Å². The second-order valence-corrected chi connectivity index (χ2v) is 6.45. The molecule has 3 unspecified atom stereocenters. The predicted octanol–water partition coefficient (Wildman–Crippen LogP) is -1.81. The van der Waals surface area contributed by atoms with Crippen LogP contribution in [0.15, 0.2) is 4.99 Å². The molecule has 10 nitrogen and oxygen atoms in total. The Morgan fingerprint density at radius 2 is 1.80 bits per heavy atom. The van der Waals surface area contributed by atoms with Gasteiger partial charge in [-0.25, -0.2) is 0 Å². The smallest absolute Gasteiger partial charge is 0.325 e. The van der Waals surface area contributed by atoms with Crippen LogP contribution in [-0.2, 0) is 14.4 Å². The summed E-state index contributed by atoms with van der Waals surface area (Å²) in [6, 6.07) is -2.73. The Bertz CT molecular complexity index is 484. The monoisotopic (exact) mass is 376 g/mol. The first-order valence-corrected chi connectivity index (χ1v) is 9.21. The van der Waals surface area contributed by atoms with Crippen LogP contribution in [0.1, 0.15) is 26.2 Å². The fraction of sp³-hybridized carbons (Fsp3) is 0.714. The summed E-state index contributed by atoms with van der Waals surface area (Å²) in [5.41, 5.74) is 16.3. The van der Waals surface area contributed by atoms with Crippen molar-refractivity contribution in [3.8, 4) is 0 Å². The molecule has 144 valence electrons. The predicted molar refractivity (Wildman–Crippen MR) is 98.1 cm³/mol. The Hall–Kier alpha value is -2.01. The molecule has 0 rings (SSSR count).